The van der Waals surface area contributed by atoms with Crippen molar-refractivity contribution >= 4 is 23.0 Å². The van der Waals surface area contributed by atoms with E-state index in [1.165, 1.54) is 0 Å². The molecule has 1 aromatic carbocycles. The van der Waals surface area contributed by atoms with Crippen molar-refractivity contribution < 1.29 is 4.79 Å². The van der Waals surface area contributed by atoms with E-state index in [-0.39, 0.29) is 5.91 Å². The topological polar surface area (TPSA) is 58.4 Å². The van der Waals surface area contributed by atoms with Crippen molar-refractivity contribution in [3.05, 3.63) is 17.7 Å². The van der Waals surface area contributed by atoms with E-state index >= 15 is 0 Å². The van der Waals surface area contributed by atoms with Gasteiger partial charge in [0.25, 0.3) is 0 Å². The Kier molecular flexibility index (Phi) is 3.98. The van der Waals surface area contributed by atoms with Gasteiger partial charge in [-0.15, -0.1) is 0 Å². The summed E-state index contributed by atoms with van der Waals surface area (Å²) in [6, 6.07) is 4.03. The number of hydrogen-bond acceptors (Lipinski definition) is 3. The lowest BCUT2D eigenvalue weighted by molar-refractivity contribution is -0.116. The van der Waals surface area contributed by atoms with Crippen LogP contribution in [0.4, 0.5) is 17.1 Å². The molecule has 3 N–H and O–H groups in total. The van der Waals surface area contributed by atoms with Crippen molar-refractivity contribution in [3.63, 3.8) is 0 Å². The van der Waals surface area contributed by atoms with E-state index < -0.39 is 0 Å². The number of carbonyl (C=O) groups is 1. The van der Waals surface area contributed by atoms with Crippen LogP contribution in [0, 0.1) is 5.92 Å². The molecule has 0 radical (unpaired) electrons. The Hall–Kier alpha value is -1.71. The maximum absolute atomic E-state index is 11.5. The number of carbonyl (C=O) groups excluding carboxylic acids is 1. The third-order valence-corrected chi connectivity index (χ3v) is 3.46. The maximum atomic E-state index is 11.5. The van der Waals surface area contributed by atoms with E-state index in [0.717, 1.165) is 42.1 Å². The molecule has 0 saturated carbocycles. The molecule has 1 heterocycles. The molecule has 0 saturated heterocycles. The van der Waals surface area contributed by atoms with Crippen molar-refractivity contribution in [3.8, 4) is 0 Å². The number of benzene rings is 1. The Bertz CT molecular complexity index is 483. The van der Waals surface area contributed by atoms with Crippen LogP contribution in [-0.2, 0) is 11.2 Å². The molecule has 1 aromatic rings. The van der Waals surface area contributed by atoms with Crippen LogP contribution in [0.25, 0.3) is 0 Å². The largest absolute Gasteiger partial charge is 0.397 e. The summed E-state index contributed by atoms with van der Waals surface area (Å²) in [5.74, 6) is 0.667. The molecule has 104 valence electrons. The van der Waals surface area contributed by atoms with Crippen molar-refractivity contribution in [1.82, 2.24) is 0 Å². The van der Waals surface area contributed by atoms with Gasteiger partial charge >= 0.3 is 0 Å². The normalized spacial score (nSPS) is 14.2. The molecule has 0 unspecified atom stereocenters. The molecule has 1 aliphatic heterocycles. The lowest BCUT2D eigenvalue weighted by atomic mass is 10.0. The van der Waals surface area contributed by atoms with Gasteiger partial charge in [0, 0.05) is 25.2 Å². The molecular weight excluding hydrogens is 238 g/mol. The highest BCUT2D eigenvalue weighted by atomic mass is 16.1. The molecule has 4 nitrogen and oxygen atoms in total. The van der Waals surface area contributed by atoms with Gasteiger partial charge in [0.15, 0.2) is 0 Å². The fourth-order valence-electron chi connectivity index (χ4n) is 2.55. The number of nitrogens with zero attached hydrogens (tertiary/aromatic N) is 1. The minimum Gasteiger partial charge on any atom is -0.397 e. The minimum absolute atomic E-state index is 0.0927. The summed E-state index contributed by atoms with van der Waals surface area (Å²) in [6.45, 7) is 8.39. The predicted molar refractivity (Wildman–Crippen MR) is 80.5 cm³/mol. The molecule has 4 heteroatoms. The van der Waals surface area contributed by atoms with Crippen LogP contribution in [0.3, 0.4) is 0 Å². The average molecular weight is 261 g/mol. The molecule has 0 aromatic heterocycles. The number of anilines is 3. The third kappa shape index (κ3) is 3.00. The molecule has 0 atom stereocenters. The molecule has 1 aliphatic rings. The molecule has 2 rings (SSSR count). The van der Waals surface area contributed by atoms with Crippen molar-refractivity contribution in [2.75, 3.05) is 29.0 Å². The molecule has 0 bridgehead atoms. The number of nitrogens with one attached hydrogen (secondary N) is 1. The standard InChI is InChI=1S/C15H23N3O/c1-4-18(9-10(2)3)14-8-13-11(7-12(14)16)5-6-15(19)17-13/h7-8,10H,4-6,9,16H2,1-3H3,(H,17,19). The van der Waals surface area contributed by atoms with Crippen LogP contribution in [0.15, 0.2) is 12.1 Å². The first-order chi connectivity index (χ1) is 9.01. The van der Waals surface area contributed by atoms with E-state index in [4.69, 9.17) is 5.73 Å². The minimum atomic E-state index is 0.0927. The number of aryl methyl sites for hydroxylation is 1. The number of amides is 1. The molecule has 1 amide bonds. The van der Waals surface area contributed by atoms with Gasteiger partial charge in [0.1, 0.15) is 0 Å². The van der Waals surface area contributed by atoms with E-state index in [0.29, 0.717) is 12.3 Å². The second-order valence-corrected chi connectivity index (χ2v) is 5.55. The first-order valence-corrected chi connectivity index (χ1v) is 6.98. The molecule has 19 heavy (non-hydrogen) atoms. The second kappa shape index (κ2) is 5.51. The van der Waals surface area contributed by atoms with Crippen molar-refractivity contribution in [2.45, 2.75) is 33.6 Å². The Labute approximate surface area is 115 Å². The summed E-state index contributed by atoms with van der Waals surface area (Å²) < 4.78 is 0. The fourth-order valence-corrected chi connectivity index (χ4v) is 2.55. The number of hydrogen-bond donors (Lipinski definition) is 2. The first-order valence-electron chi connectivity index (χ1n) is 6.98. The Morgan fingerprint density at radius 3 is 2.74 bits per heavy atom. The number of nitrogens with two attached hydrogens (primary N) is 1. The first kappa shape index (κ1) is 13.7. The van der Waals surface area contributed by atoms with Crippen LogP contribution in [0.5, 0.6) is 0 Å². The Balaban J connectivity index is 2.34. The molecule has 0 spiro atoms. The van der Waals surface area contributed by atoms with Gasteiger partial charge in [-0.2, -0.15) is 0 Å². The lowest BCUT2D eigenvalue weighted by Crippen LogP contribution is -2.28. The Morgan fingerprint density at radius 2 is 2.11 bits per heavy atom. The highest BCUT2D eigenvalue weighted by molar-refractivity contribution is 5.95. The monoisotopic (exact) mass is 261 g/mol. The van der Waals surface area contributed by atoms with E-state index in [1.54, 1.807) is 0 Å². The van der Waals surface area contributed by atoms with Crippen LogP contribution in [-0.4, -0.2) is 19.0 Å². The van der Waals surface area contributed by atoms with E-state index in [2.05, 4.69) is 31.0 Å². The zero-order chi connectivity index (χ0) is 14.0. The highest BCUT2D eigenvalue weighted by Crippen LogP contribution is 2.33. The fraction of sp³-hybridized carbons (Fsp3) is 0.533. The number of rotatable bonds is 4. The van der Waals surface area contributed by atoms with E-state index in [9.17, 15) is 4.79 Å². The van der Waals surface area contributed by atoms with Gasteiger partial charge in [-0.3, -0.25) is 4.79 Å². The zero-order valence-corrected chi connectivity index (χ0v) is 12.0. The lowest BCUT2D eigenvalue weighted by Gasteiger charge is -2.28. The zero-order valence-electron chi connectivity index (χ0n) is 12.0. The summed E-state index contributed by atoms with van der Waals surface area (Å²) in [6.07, 6.45) is 1.33. The van der Waals surface area contributed by atoms with Gasteiger partial charge in [-0.25, -0.2) is 0 Å². The quantitative estimate of drug-likeness (QED) is 0.819. The number of nitrogen functional groups attached to an aromatic ring is 1. The second-order valence-electron chi connectivity index (χ2n) is 5.55. The van der Waals surface area contributed by atoms with Crippen molar-refractivity contribution in [1.29, 1.82) is 0 Å². The summed E-state index contributed by atoms with van der Waals surface area (Å²) >= 11 is 0. The summed E-state index contributed by atoms with van der Waals surface area (Å²) in [5.41, 5.74) is 10.1. The molecular formula is C15H23N3O. The smallest absolute Gasteiger partial charge is 0.224 e. The van der Waals surface area contributed by atoms with Crippen LogP contribution in [0.2, 0.25) is 0 Å². The van der Waals surface area contributed by atoms with Crippen LogP contribution >= 0.6 is 0 Å². The van der Waals surface area contributed by atoms with Gasteiger partial charge in [-0.05, 0) is 37.0 Å². The van der Waals surface area contributed by atoms with Gasteiger partial charge in [-0.1, -0.05) is 13.8 Å². The SMILES string of the molecule is CCN(CC(C)C)c1cc2c(cc1N)CCC(=O)N2. The third-order valence-electron chi connectivity index (χ3n) is 3.46. The van der Waals surface area contributed by atoms with Crippen molar-refractivity contribution in [2.24, 2.45) is 5.92 Å². The van der Waals surface area contributed by atoms with Gasteiger partial charge in [0.2, 0.25) is 5.91 Å². The van der Waals surface area contributed by atoms with Crippen LogP contribution < -0.4 is 16.0 Å². The highest BCUT2D eigenvalue weighted by Gasteiger charge is 2.18. The van der Waals surface area contributed by atoms with Gasteiger partial charge < -0.3 is 16.0 Å². The maximum Gasteiger partial charge on any atom is 0.224 e. The number of fused-ring (bicyclic) bond motifs is 1. The average Bonchev–Trinajstić information content (AvgIpc) is 2.35. The predicted octanol–water partition coefficient (Wildman–Crippen LogP) is 2.64. The summed E-state index contributed by atoms with van der Waals surface area (Å²) in [5, 5.41) is 2.94. The van der Waals surface area contributed by atoms with Gasteiger partial charge in [0.05, 0.1) is 11.4 Å². The molecule has 0 fully saturated rings. The van der Waals surface area contributed by atoms with Crippen LogP contribution in [0.1, 0.15) is 32.8 Å². The van der Waals surface area contributed by atoms with E-state index in [1.807, 2.05) is 12.1 Å². The summed E-state index contributed by atoms with van der Waals surface area (Å²) in [4.78, 5) is 13.7. The molecule has 0 aliphatic carbocycles. The Morgan fingerprint density at radius 1 is 1.37 bits per heavy atom. The summed E-state index contributed by atoms with van der Waals surface area (Å²) in [7, 11) is 0.